The van der Waals surface area contributed by atoms with Crippen molar-refractivity contribution in [2.24, 2.45) is 11.8 Å². The molecule has 1 N–H and O–H groups in total. The van der Waals surface area contributed by atoms with Crippen LogP contribution in [0.25, 0.3) is 0 Å². The summed E-state index contributed by atoms with van der Waals surface area (Å²) in [6, 6.07) is 9.75. The van der Waals surface area contributed by atoms with E-state index in [9.17, 15) is 0 Å². The fourth-order valence-corrected chi connectivity index (χ4v) is 5.62. The van der Waals surface area contributed by atoms with Gasteiger partial charge in [0.1, 0.15) is 0 Å². The van der Waals surface area contributed by atoms with Crippen molar-refractivity contribution in [2.75, 3.05) is 12.3 Å². The summed E-state index contributed by atoms with van der Waals surface area (Å²) >= 11 is 2.06. The highest BCUT2D eigenvalue weighted by atomic mass is 32.2. The van der Waals surface area contributed by atoms with Crippen molar-refractivity contribution in [1.82, 2.24) is 5.32 Å². The molecule has 21 heavy (non-hydrogen) atoms. The molecule has 0 saturated heterocycles. The van der Waals surface area contributed by atoms with Crippen LogP contribution in [0.3, 0.4) is 0 Å². The van der Waals surface area contributed by atoms with Crippen LogP contribution in [0.1, 0.15) is 57.4 Å². The molecule has 3 rings (SSSR count). The summed E-state index contributed by atoms with van der Waals surface area (Å²) in [6.07, 6.45) is 7.13. The fraction of sp³-hybridized carbons (Fsp3) is 0.684. The summed E-state index contributed by atoms with van der Waals surface area (Å²) in [6.45, 7) is 5.72. The minimum absolute atomic E-state index is 0.684. The summed E-state index contributed by atoms with van der Waals surface area (Å²) in [5.41, 5.74) is 1.60. The maximum absolute atomic E-state index is 3.85. The quantitative estimate of drug-likeness (QED) is 0.815. The van der Waals surface area contributed by atoms with E-state index >= 15 is 0 Å². The van der Waals surface area contributed by atoms with Crippen molar-refractivity contribution in [1.29, 1.82) is 0 Å². The fourth-order valence-electron chi connectivity index (χ4n) is 4.31. The normalized spacial score (nSPS) is 30.1. The van der Waals surface area contributed by atoms with E-state index in [1.807, 2.05) is 0 Å². The third-order valence-electron chi connectivity index (χ3n) is 5.59. The van der Waals surface area contributed by atoms with Gasteiger partial charge in [-0.05, 0) is 42.9 Å². The Morgan fingerprint density at radius 2 is 1.90 bits per heavy atom. The van der Waals surface area contributed by atoms with Gasteiger partial charge in [-0.15, -0.1) is 11.8 Å². The van der Waals surface area contributed by atoms with Crippen LogP contribution in [0.15, 0.2) is 29.2 Å². The number of rotatable bonds is 5. The highest BCUT2D eigenvalue weighted by molar-refractivity contribution is 7.99. The summed E-state index contributed by atoms with van der Waals surface area (Å²) in [7, 11) is 0. The van der Waals surface area contributed by atoms with Gasteiger partial charge in [0.25, 0.3) is 0 Å². The third kappa shape index (κ3) is 3.32. The molecule has 0 bridgehead atoms. The van der Waals surface area contributed by atoms with Gasteiger partial charge in [0, 0.05) is 22.6 Å². The van der Waals surface area contributed by atoms with E-state index in [4.69, 9.17) is 0 Å². The molecule has 2 atom stereocenters. The number of benzene rings is 1. The van der Waals surface area contributed by atoms with Gasteiger partial charge in [0.05, 0.1) is 0 Å². The van der Waals surface area contributed by atoms with Gasteiger partial charge in [0.2, 0.25) is 0 Å². The Balaban J connectivity index is 1.74. The topological polar surface area (TPSA) is 12.0 Å². The standard InChI is InChI=1S/C19H29NS/c1-3-14-9-11-15(12-10-14)19(20-4-2)17-13-21-18-8-6-5-7-16(17)18/h5-8,14-15,17,19-20H,3-4,9-13H2,1-2H3. The Kier molecular flexibility index (Phi) is 5.29. The molecule has 1 aromatic rings. The number of nitrogens with one attached hydrogen (secondary N) is 1. The Hall–Kier alpha value is -0.470. The monoisotopic (exact) mass is 303 g/mol. The van der Waals surface area contributed by atoms with Crippen molar-refractivity contribution in [2.45, 2.75) is 62.8 Å². The largest absolute Gasteiger partial charge is 0.313 e. The van der Waals surface area contributed by atoms with Crippen molar-refractivity contribution in [3.8, 4) is 0 Å². The zero-order valence-electron chi connectivity index (χ0n) is 13.5. The molecule has 0 spiro atoms. The maximum atomic E-state index is 3.85. The second-order valence-corrected chi connectivity index (χ2v) is 7.79. The number of hydrogen-bond acceptors (Lipinski definition) is 2. The van der Waals surface area contributed by atoms with E-state index in [1.54, 1.807) is 5.56 Å². The lowest BCUT2D eigenvalue weighted by atomic mass is 9.73. The summed E-state index contributed by atoms with van der Waals surface area (Å²) in [5.74, 6) is 3.86. The van der Waals surface area contributed by atoms with E-state index in [0.29, 0.717) is 12.0 Å². The first kappa shape index (κ1) is 15.4. The second kappa shape index (κ2) is 7.19. The minimum atomic E-state index is 0.684. The van der Waals surface area contributed by atoms with Crippen LogP contribution in [0.4, 0.5) is 0 Å². The molecule has 0 aromatic heterocycles. The van der Waals surface area contributed by atoms with Crippen molar-refractivity contribution >= 4 is 11.8 Å². The molecule has 1 heterocycles. The first-order valence-electron chi connectivity index (χ1n) is 8.78. The molecular formula is C19H29NS. The molecule has 116 valence electrons. The molecule has 1 nitrogen and oxygen atoms in total. The number of fused-ring (bicyclic) bond motifs is 1. The van der Waals surface area contributed by atoms with Gasteiger partial charge < -0.3 is 5.32 Å². The van der Waals surface area contributed by atoms with Crippen molar-refractivity contribution in [3.05, 3.63) is 29.8 Å². The van der Waals surface area contributed by atoms with Crippen LogP contribution >= 0.6 is 11.8 Å². The number of likely N-dealkylation sites (N-methyl/N-ethyl adjacent to an activating group) is 1. The van der Waals surface area contributed by atoms with Crippen LogP contribution in [0.5, 0.6) is 0 Å². The molecule has 2 unspecified atom stereocenters. The van der Waals surface area contributed by atoms with Gasteiger partial charge in [-0.2, -0.15) is 0 Å². The van der Waals surface area contributed by atoms with Crippen molar-refractivity contribution < 1.29 is 0 Å². The summed E-state index contributed by atoms with van der Waals surface area (Å²) < 4.78 is 0. The third-order valence-corrected chi connectivity index (χ3v) is 6.80. The average molecular weight is 304 g/mol. The van der Waals surface area contributed by atoms with Gasteiger partial charge in [-0.3, -0.25) is 0 Å². The average Bonchev–Trinajstić information content (AvgIpc) is 2.97. The highest BCUT2D eigenvalue weighted by Crippen LogP contribution is 2.45. The number of thioether (sulfide) groups is 1. The van der Waals surface area contributed by atoms with Crippen LogP contribution < -0.4 is 5.32 Å². The van der Waals surface area contributed by atoms with Gasteiger partial charge in [0.15, 0.2) is 0 Å². The molecule has 0 radical (unpaired) electrons. The molecule has 0 amide bonds. The molecule has 2 heteroatoms. The first-order chi connectivity index (χ1) is 10.3. The van der Waals surface area contributed by atoms with Gasteiger partial charge >= 0.3 is 0 Å². The SMILES string of the molecule is CCNC(C1CCC(CC)CC1)C1CSc2ccccc21. The zero-order valence-corrected chi connectivity index (χ0v) is 14.3. The van der Waals surface area contributed by atoms with Crippen LogP contribution in [0, 0.1) is 11.8 Å². The summed E-state index contributed by atoms with van der Waals surface area (Å²) in [5, 5.41) is 3.85. The van der Waals surface area contributed by atoms with Crippen LogP contribution in [-0.4, -0.2) is 18.3 Å². The molecule has 1 fully saturated rings. The van der Waals surface area contributed by atoms with E-state index in [1.165, 1.54) is 42.8 Å². The molecule has 2 aliphatic rings. The van der Waals surface area contributed by atoms with E-state index in [0.717, 1.165) is 18.4 Å². The molecule has 1 saturated carbocycles. The Bertz CT molecular complexity index is 451. The maximum Gasteiger partial charge on any atom is 0.0172 e. The Morgan fingerprint density at radius 3 is 2.62 bits per heavy atom. The Labute approximate surface area is 134 Å². The predicted molar refractivity (Wildman–Crippen MR) is 93.1 cm³/mol. The zero-order chi connectivity index (χ0) is 14.7. The Morgan fingerprint density at radius 1 is 1.14 bits per heavy atom. The van der Waals surface area contributed by atoms with Crippen LogP contribution in [0.2, 0.25) is 0 Å². The lowest BCUT2D eigenvalue weighted by Crippen LogP contribution is -2.42. The minimum Gasteiger partial charge on any atom is -0.313 e. The van der Waals surface area contributed by atoms with Crippen LogP contribution in [-0.2, 0) is 0 Å². The molecule has 1 aliphatic carbocycles. The lowest BCUT2D eigenvalue weighted by molar-refractivity contribution is 0.205. The highest BCUT2D eigenvalue weighted by Gasteiger charge is 2.36. The van der Waals surface area contributed by atoms with Gasteiger partial charge in [-0.25, -0.2) is 0 Å². The second-order valence-electron chi connectivity index (χ2n) is 6.73. The van der Waals surface area contributed by atoms with Crippen molar-refractivity contribution in [3.63, 3.8) is 0 Å². The predicted octanol–water partition coefficient (Wildman–Crippen LogP) is 5.07. The smallest absolute Gasteiger partial charge is 0.0172 e. The van der Waals surface area contributed by atoms with E-state index in [2.05, 4.69) is 55.2 Å². The van der Waals surface area contributed by atoms with E-state index in [-0.39, 0.29) is 0 Å². The summed E-state index contributed by atoms with van der Waals surface area (Å²) in [4.78, 5) is 1.52. The number of hydrogen-bond donors (Lipinski definition) is 1. The molecular weight excluding hydrogens is 274 g/mol. The van der Waals surface area contributed by atoms with E-state index < -0.39 is 0 Å². The molecule has 1 aliphatic heterocycles. The first-order valence-corrected chi connectivity index (χ1v) is 9.77. The lowest BCUT2D eigenvalue weighted by Gasteiger charge is -2.37. The van der Waals surface area contributed by atoms with Gasteiger partial charge in [-0.1, -0.05) is 51.3 Å². The molecule has 1 aromatic carbocycles.